The van der Waals surface area contributed by atoms with Crippen LogP contribution in [0.1, 0.15) is 12.5 Å². The third-order valence-corrected chi connectivity index (χ3v) is 2.72. The van der Waals surface area contributed by atoms with Gasteiger partial charge in [-0.15, -0.1) is 0 Å². The molecule has 4 nitrogen and oxygen atoms in total. The first-order valence-electron chi connectivity index (χ1n) is 5.77. The van der Waals surface area contributed by atoms with E-state index >= 15 is 0 Å². The maximum Gasteiger partial charge on any atom is 0.288 e. The number of hydrogen-bond acceptors (Lipinski definition) is 3. The van der Waals surface area contributed by atoms with E-state index in [2.05, 4.69) is 10.3 Å². The number of amides is 1. The predicted molar refractivity (Wildman–Crippen MR) is 67.8 cm³/mol. The summed E-state index contributed by atoms with van der Waals surface area (Å²) in [6.45, 7) is 3.30. The van der Waals surface area contributed by atoms with Gasteiger partial charge < -0.3 is 10.2 Å². The summed E-state index contributed by atoms with van der Waals surface area (Å²) in [4.78, 5) is 17.9. The molecule has 1 unspecified atom stereocenters. The van der Waals surface area contributed by atoms with Crippen LogP contribution >= 0.6 is 0 Å². The average molecular weight is 231 g/mol. The van der Waals surface area contributed by atoms with Crippen molar-refractivity contribution in [2.24, 2.45) is 4.99 Å². The molecule has 1 aliphatic heterocycles. The molecule has 1 N–H and O–H groups in total. The molecule has 0 aliphatic carbocycles. The van der Waals surface area contributed by atoms with Crippen molar-refractivity contribution >= 4 is 11.7 Å². The highest BCUT2D eigenvalue weighted by Gasteiger charge is 2.22. The molecule has 0 radical (unpaired) electrons. The number of rotatable bonds is 3. The van der Waals surface area contributed by atoms with Gasteiger partial charge in [-0.05, 0) is 12.5 Å². The largest absolute Gasteiger partial charge is 0.361 e. The van der Waals surface area contributed by atoms with E-state index in [1.165, 1.54) is 0 Å². The molecule has 2 rings (SSSR count). The molecular formula is C13H17N3O. The molecule has 0 aromatic heterocycles. The lowest BCUT2D eigenvalue weighted by atomic mass is 10.2. The Kier molecular flexibility index (Phi) is 3.42. The minimum atomic E-state index is -0.0433. The van der Waals surface area contributed by atoms with Gasteiger partial charge in [-0.1, -0.05) is 30.3 Å². The molecule has 4 heteroatoms. The number of nitrogens with zero attached hydrogens (tertiary/aromatic N) is 2. The smallest absolute Gasteiger partial charge is 0.288 e. The number of carbonyl (C=O) groups excluding carboxylic acids is 1. The molecule has 1 amide bonds. The molecule has 17 heavy (non-hydrogen) atoms. The molecule has 0 fully saturated rings. The molecule has 90 valence electrons. The summed E-state index contributed by atoms with van der Waals surface area (Å²) < 4.78 is 0. The Balaban J connectivity index is 1.97. The van der Waals surface area contributed by atoms with Crippen LogP contribution in [-0.4, -0.2) is 36.3 Å². The lowest BCUT2D eigenvalue weighted by Crippen LogP contribution is -2.40. The van der Waals surface area contributed by atoms with Gasteiger partial charge in [0, 0.05) is 19.6 Å². The first kappa shape index (κ1) is 11.6. The summed E-state index contributed by atoms with van der Waals surface area (Å²) >= 11 is 0. The van der Waals surface area contributed by atoms with Crippen molar-refractivity contribution in [2.45, 2.75) is 19.5 Å². The standard InChI is InChI=1S/C13H17N3O/c1-10-8-14-12(15-10)13(17)16(2)9-11-6-4-3-5-7-11/h3-7,10H,8-9H2,1-2H3,(H,14,15). The van der Waals surface area contributed by atoms with Crippen LogP contribution < -0.4 is 5.32 Å². The van der Waals surface area contributed by atoms with E-state index in [1.54, 1.807) is 11.9 Å². The molecule has 1 aromatic rings. The van der Waals surface area contributed by atoms with Crippen molar-refractivity contribution in [3.8, 4) is 0 Å². The van der Waals surface area contributed by atoms with E-state index in [1.807, 2.05) is 37.3 Å². The molecule has 0 saturated heterocycles. The quantitative estimate of drug-likeness (QED) is 0.844. The fourth-order valence-electron chi connectivity index (χ4n) is 1.79. The Labute approximate surface area is 101 Å². The lowest BCUT2D eigenvalue weighted by Gasteiger charge is -2.17. The van der Waals surface area contributed by atoms with Crippen LogP contribution in [0.2, 0.25) is 0 Å². The average Bonchev–Trinajstić information content (AvgIpc) is 2.76. The molecule has 0 bridgehead atoms. The van der Waals surface area contributed by atoms with Gasteiger partial charge in [-0.3, -0.25) is 9.79 Å². The maximum atomic E-state index is 12.0. The van der Waals surface area contributed by atoms with E-state index in [0.717, 1.165) is 5.56 Å². The summed E-state index contributed by atoms with van der Waals surface area (Å²) in [6, 6.07) is 10.2. The number of amidine groups is 1. The van der Waals surface area contributed by atoms with Crippen LogP contribution in [-0.2, 0) is 11.3 Å². The molecule has 1 aromatic carbocycles. The van der Waals surface area contributed by atoms with Gasteiger partial charge in [0.2, 0.25) is 0 Å². The predicted octanol–water partition coefficient (Wildman–Crippen LogP) is 1.04. The summed E-state index contributed by atoms with van der Waals surface area (Å²) in [6.07, 6.45) is 0. The Bertz CT molecular complexity index is 428. The normalized spacial score (nSPS) is 18.5. The van der Waals surface area contributed by atoms with Crippen molar-refractivity contribution in [3.63, 3.8) is 0 Å². The van der Waals surface area contributed by atoms with Crippen LogP contribution in [0.4, 0.5) is 0 Å². The number of benzene rings is 1. The molecule has 0 saturated carbocycles. The number of nitrogens with one attached hydrogen (secondary N) is 1. The van der Waals surface area contributed by atoms with Gasteiger partial charge in [0.05, 0.1) is 6.54 Å². The summed E-state index contributed by atoms with van der Waals surface area (Å²) in [5.41, 5.74) is 1.12. The van der Waals surface area contributed by atoms with Crippen molar-refractivity contribution < 1.29 is 4.79 Å². The molecule has 1 heterocycles. The van der Waals surface area contributed by atoms with Crippen molar-refractivity contribution in [3.05, 3.63) is 35.9 Å². The zero-order chi connectivity index (χ0) is 12.3. The number of likely N-dealkylation sites (N-methyl/N-ethyl adjacent to an activating group) is 1. The second-order valence-electron chi connectivity index (χ2n) is 4.38. The van der Waals surface area contributed by atoms with E-state index in [4.69, 9.17) is 0 Å². The van der Waals surface area contributed by atoms with Gasteiger partial charge in [-0.25, -0.2) is 0 Å². The highest BCUT2D eigenvalue weighted by atomic mass is 16.2. The first-order chi connectivity index (χ1) is 8.16. The van der Waals surface area contributed by atoms with E-state index in [9.17, 15) is 4.79 Å². The zero-order valence-electron chi connectivity index (χ0n) is 10.2. The number of hydrogen-bond donors (Lipinski definition) is 1. The first-order valence-corrected chi connectivity index (χ1v) is 5.77. The van der Waals surface area contributed by atoms with Gasteiger partial charge in [-0.2, -0.15) is 0 Å². The summed E-state index contributed by atoms with van der Waals surface area (Å²) in [5, 5.41) is 3.08. The topological polar surface area (TPSA) is 44.7 Å². The highest BCUT2D eigenvalue weighted by molar-refractivity contribution is 6.38. The minimum Gasteiger partial charge on any atom is -0.361 e. The Morgan fingerprint density at radius 2 is 2.18 bits per heavy atom. The van der Waals surface area contributed by atoms with Crippen molar-refractivity contribution in [1.29, 1.82) is 0 Å². The monoisotopic (exact) mass is 231 g/mol. The second kappa shape index (κ2) is 4.99. The van der Waals surface area contributed by atoms with Crippen LogP contribution in [0.15, 0.2) is 35.3 Å². The highest BCUT2D eigenvalue weighted by Crippen LogP contribution is 2.04. The van der Waals surface area contributed by atoms with Gasteiger partial charge in [0.15, 0.2) is 5.84 Å². The van der Waals surface area contributed by atoms with Crippen LogP contribution in [0.3, 0.4) is 0 Å². The fourth-order valence-corrected chi connectivity index (χ4v) is 1.79. The van der Waals surface area contributed by atoms with Crippen molar-refractivity contribution in [1.82, 2.24) is 10.2 Å². The van der Waals surface area contributed by atoms with Crippen molar-refractivity contribution in [2.75, 3.05) is 13.6 Å². The van der Waals surface area contributed by atoms with Gasteiger partial charge >= 0.3 is 0 Å². The third-order valence-electron chi connectivity index (χ3n) is 2.72. The second-order valence-corrected chi connectivity index (χ2v) is 4.38. The van der Waals surface area contributed by atoms with Crippen LogP contribution in [0.5, 0.6) is 0 Å². The molecule has 0 spiro atoms. The fraction of sp³-hybridized carbons (Fsp3) is 0.385. The maximum absolute atomic E-state index is 12.0. The minimum absolute atomic E-state index is 0.0433. The molecule has 1 atom stereocenters. The number of carbonyl (C=O) groups is 1. The summed E-state index contributed by atoms with van der Waals surface area (Å²) in [7, 11) is 1.79. The van der Waals surface area contributed by atoms with Crippen LogP contribution in [0.25, 0.3) is 0 Å². The zero-order valence-corrected chi connectivity index (χ0v) is 10.2. The summed E-state index contributed by atoms with van der Waals surface area (Å²) in [5.74, 6) is 0.439. The van der Waals surface area contributed by atoms with E-state index < -0.39 is 0 Å². The Hall–Kier alpha value is -1.84. The SMILES string of the molecule is CC1CN=C(C(=O)N(C)Cc2ccccc2)N1. The lowest BCUT2D eigenvalue weighted by molar-refractivity contribution is -0.123. The van der Waals surface area contributed by atoms with E-state index in [0.29, 0.717) is 18.9 Å². The van der Waals surface area contributed by atoms with E-state index in [-0.39, 0.29) is 11.9 Å². The van der Waals surface area contributed by atoms with Gasteiger partial charge in [0.25, 0.3) is 5.91 Å². The van der Waals surface area contributed by atoms with Gasteiger partial charge in [0.1, 0.15) is 0 Å². The number of aliphatic imine (C=N–C) groups is 1. The molecule has 1 aliphatic rings. The Morgan fingerprint density at radius 3 is 2.76 bits per heavy atom. The molecular weight excluding hydrogens is 214 g/mol. The Morgan fingerprint density at radius 1 is 1.47 bits per heavy atom. The van der Waals surface area contributed by atoms with Crippen LogP contribution in [0, 0.1) is 0 Å². The third kappa shape index (κ3) is 2.84.